The van der Waals surface area contributed by atoms with Gasteiger partial charge in [-0.25, -0.2) is 4.79 Å². The van der Waals surface area contributed by atoms with E-state index in [9.17, 15) is 14.4 Å². The molecule has 0 spiro atoms. The van der Waals surface area contributed by atoms with Crippen LogP contribution in [0, 0.1) is 0 Å². The summed E-state index contributed by atoms with van der Waals surface area (Å²) in [7, 11) is 0. The van der Waals surface area contributed by atoms with Gasteiger partial charge in [-0.05, 0) is 31.2 Å². The van der Waals surface area contributed by atoms with Crippen molar-refractivity contribution < 1.29 is 19.1 Å². The van der Waals surface area contributed by atoms with Gasteiger partial charge in [0.05, 0.1) is 12.2 Å². The smallest absolute Gasteiger partial charge is 0.338 e. The number of ketones is 2. The van der Waals surface area contributed by atoms with Gasteiger partial charge in [-0.1, -0.05) is 24.3 Å². The second kappa shape index (κ2) is 6.60. The van der Waals surface area contributed by atoms with E-state index < -0.39 is 5.97 Å². The van der Waals surface area contributed by atoms with Crippen molar-refractivity contribution in [3.63, 3.8) is 0 Å². The largest absolute Gasteiger partial charge is 0.462 e. The molecule has 6 heteroatoms. The summed E-state index contributed by atoms with van der Waals surface area (Å²) in [5.41, 5.74) is 7.31. The topological polar surface area (TPSA) is 98.5 Å². The lowest BCUT2D eigenvalue weighted by Crippen LogP contribution is -2.29. The zero-order chi connectivity index (χ0) is 18.0. The molecule has 1 aliphatic carbocycles. The Morgan fingerprint density at radius 3 is 2.20 bits per heavy atom. The van der Waals surface area contributed by atoms with Crippen LogP contribution in [-0.4, -0.2) is 24.1 Å². The van der Waals surface area contributed by atoms with E-state index in [1.807, 2.05) is 0 Å². The summed E-state index contributed by atoms with van der Waals surface area (Å²) in [6.07, 6.45) is 0. The van der Waals surface area contributed by atoms with E-state index in [-0.39, 0.29) is 29.6 Å². The van der Waals surface area contributed by atoms with Crippen LogP contribution in [0.5, 0.6) is 0 Å². The summed E-state index contributed by atoms with van der Waals surface area (Å²) in [6, 6.07) is 12.9. The number of hydrogen-bond donors (Lipinski definition) is 2. The van der Waals surface area contributed by atoms with E-state index in [0.717, 1.165) is 0 Å². The zero-order valence-electron chi connectivity index (χ0n) is 13.5. The van der Waals surface area contributed by atoms with Gasteiger partial charge >= 0.3 is 5.97 Å². The van der Waals surface area contributed by atoms with Crippen LogP contribution in [0.25, 0.3) is 0 Å². The van der Waals surface area contributed by atoms with Gasteiger partial charge in [0.1, 0.15) is 11.4 Å². The van der Waals surface area contributed by atoms with E-state index in [1.165, 1.54) is 0 Å². The van der Waals surface area contributed by atoms with Gasteiger partial charge < -0.3 is 15.8 Å². The van der Waals surface area contributed by atoms with Gasteiger partial charge in [-0.2, -0.15) is 0 Å². The average Bonchev–Trinajstić information content (AvgIpc) is 2.64. The first-order valence-corrected chi connectivity index (χ1v) is 7.75. The standard InChI is InChI=1S/C19H16N2O4/c1-2-25-19(24)11-7-9-12(10-8-11)21-16-15(20)17(22)13-5-3-4-6-14(13)18(16)23/h3-10,21H,2,20H2,1H3. The molecule has 6 nitrogen and oxygen atoms in total. The summed E-state index contributed by atoms with van der Waals surface area (Å²) < 4.78 is 4.92. The number of nitrogens with two attached hydrogens (primary N) is 1. The maximum absolute atomic E-state index is 12.6. The number of hydrogen-bond acceptors (Lipinski definition) is 6. The number of esters is 1. The van der Waals surface area contributed by atoms with Crippen LogP contribution in [-0.2, 0) is 4.74 Å². The zero-order valence-corrected chi connectivity index (χ0v) is 13.5. The molecular weight excluding hydrogens is 320 g/mol. The molecule has 0 radical (unpaired) electrons. The molecule has 3 N–H and O–H groups in total. The summed E-state index contributed by atoms with van der Waals surface area (Å²) in [5.74, 6) is -1.16. The minimum Gasteiger partial charge on any atom is -0.462 e. The summed E-state index contributed by atoms with van der Waals surface area (Å²) in [6.45, 7) is 2.02. The maximum atomic E-state index is 12.6. The summed E-state index contributed by atoms with van der Waals surface area (Å²) in [4.78, 5) is 36.6. The second-order valence-electron chi connectivity index (χ2n) is 5.42. The normalized spacial score (nSPS) is 13.5. The van der Waals surface area contributed by atoms with Gasteiger partial charge in [0.2, 0.25) is 11.6 Å². The number of carbonyl (C=O) groups is 3. The molecule has 0 saturated heterocycles. The molecule has 0 bridgehead atoms. The highest BCUT2D eigenvalue weighted by atomic mass is 16.5. The SMILES string of the molecule is CCOC(=O)c1ccc(NC2=C(N)C(=O)c3ccccc3C2=O)cc1. The van der Waals surface area contributed by atoms with Crippen molar-refractivity contribution in [3.8, 4) is 0 Å². The lowest BCUT2D eigenvalue weighted by molar-refractivity contribution is 0.0526. The summed E-state index contributed by atoms with van der Waals surface area (Å²) >= 11 is 0. The molecule has 0 saturated carbocycles. The number of anilines is 1. The molecule has 2 aromatic carbocycles. The fraction of sp³-hybridized carbons (Fsp3) is 0.105. The number of rotatable bonds is 4. The van der Waals surface area contributed by atoms with Gasteiger partial charge in [-0.3, -0.25) is 9.59 Å². The fourth-order valence-electron chi connectivity index (χ4n) is 2.57. The number of fused-ring (bicyclic) bond motifs is 1. The van der Waals surface area contributed by atoms with Crippen molar-refractivity contribution in [3.05, 3.63) is 76.6 Å². The van der Waals surface area contributed by atoms with Crippen LogP contribution in [0.2, 0.25) is 0 Å². The molecule has 0 unspecified atom stereocenters. The van der Waals surface area contributed by atoms with Crippen molar-refractivity contribution >= 4 is 23.2 Å². The first-order chi connectivity index (χ1) is 12.0. The number of benzene rings is 2. The predicted molar refractivity (Wildman–Crippen MR) is 92.3 cm³/mol. The highest BCUT2D eigenvalue weighted by Crippen LogP contribution is 2.25. The minimum atomic E-state index is -0.425. The number of Topliss-reactive ketones (excluding diaryl/α,β-unsaturated/α-hetero) is 2. The van der Waals surface area contributed by atoms with E-state index in [4.69, 9.17) is 10.5 Å². The highest BCUT2D eigenvalue weighted by molar-refractivity contribution is 6.27. The average molecular weight is 336 g/mol. The Kier molecular flexibility index (Phi) is 4.35. The lowest BCUT2D eigenvalue weighted by atomic mass is 9.90. The molecule has 0 aliphatic heterocycles. The third-order valence-electron chi connectivity index (χ3n) is 3.82. The Morgan fingerprint density at radius 2 is 1.60 bits per heavy atom. The summed E-state index contributed by atoms with van der Waals surface area (Å²) in [5, 5.41) is 2.88. The van der Waals surface area contributed by atoms with E-state index in [0.29, 0.717) is 22.4 Å². The molecular formula is C19H16N2O4. The van der Waals surface area contributed by atoms with Crippen molar-refractivity contribution in [2.45, 2.75) is 6.92 Å². The van der Waals surface area contributed by atoms with Crippen molar-refractivity contribution in [1.82, 2.24) is 0 Å². The monoisotopic (exact) mass is 336 g/mol. The number of nitrogens with one attached hydrogen (secondary N) is 1. The molecule has 25 heavy (non-hydrogen) atoms. The van der Waals surface area contributed by atoms with Gasteiger partial charge in [-0.15, -0.1) is 0 Å². The van der Waals surface area contributed by atoms with E-state index in [2.05, 4.69) is 5.32 Å². The first-order valence-electron chi connectivity index (χ1n) is 7.75. The molecule has 3 rings (SSSR count). The van der Waals surface area contributed by atoms with Crippen molar-refractivity contribution in [1.29, 1.82) is 0 Å². The van der Waals surface area contributed by atoms with Gasteiger partial charge in [0.15, 0.2) is 0 Å². The molecule has 2 aromatic rings. The van der Waals surface area contributed by atoms with Crippen LogP contribution in [0.4, 0.5) is 5.69 Å². The number of carbonyl (C=O) groups excluding carboxylic acids is 3. The van der Waals surface area contributed by atoms with Crippen LogP contribution >= 0.6 is 0 Å². The Bertz CT molecular complexity index is 898. The molecule has 126 valence electrons. The van der Waals surface area contributed by atoms with Gasteiger partial charge in [0.25, 0.3) is 0 Å². The lowest BCUT2D eigenvalue weighted by Gasteiger charge is -2.19. The Morgan fingerprint density at radius 1 is 1.00 bits per heavy atom. The van der Waals surface area contributed by atoms with E-state index >= 15 is 0 Å². The molecule has 0 amide bonds. The fourth-order valence-corrected chi connectivity index (χ4v) is 2.57. The third-order valence-corrected chi connectivity index (χ3v) is 3.82. The molecule has 1 aliphatic rings. The third kappa shape index (κ3) is 3.01. The number of ether oxygens (including phenoxy) is 1. The van der Waals surface area contributed by atoms with Crippen LogP contribution < -0.4 is 11.1 Å². The Balaban J connectivity index is 1.88. The van der Waals surface area contributed by atoms with Crippen LogP contribution in [0.15, 0.2) is 59.9 Å². The molecule has 0 atom stereocenters. The molecule has 0 aromatic heterocycles. The van der Waals surface area contributed by atoms with Crippen molar-refractivity contribution in [2.75, 3.05) is 11.9 Å². The van der Waals surface area contributed by atoms with Crippen molar-refractivity contribution in [2.24, 2.45) is 5.73 Å². The van der Waals surface area contributed by atoms with Crippen LogP contribution in [0.1, 0.15) is 38.0 Å². The second-order valence-corrected chi connectivity index (χ2v) is 5.42. The molecule has 0 fully saturated rings. The van der Waals surface area contributed by atoms with Gasteiger partial charge in [0, 0.05) is 16.8 Å². The first kappa shape index (κ1) is 16.4. The van der Waals surface area contributed by atoms with E-state index in [1.54, 1.807) is 55.5 Å². The van der Waals surface area contributed by atoms with Crippen LogP contribution in [0.3, 0.4) is 0 Å². The Labute approximate surface area is 144 Å². The minimum absolute atomic E-state index is 0.0348. The predicted octanol–water partition coefficient (Wildman–Crippen LogP) is 2.52. The highest BCUT2D eigenvalue weighted by Gasteiger charge is 2.30. The quantitative estimate of drug-likeness (QED) is 0.833. The number of allylic oxidation sites excluding steroid dienone is 2. The maximum Gasteiger partial charge on any atom is 0.338 e. The Hall–Kier alpha value is -3.41. The molecule has 0 heterocycles.